The lowest BCUT2D eigenvalue weighted by molar-refractivity contribution is -0.122. The van der Waals surface area contributed by atoms with Gasteiger partial charge in [0.05, 0.1) is 5.69 Å². The van der Waals surface area contributed by atoms with Gasteiger partial charge in [0, 0.05) is 44.0 Å². The molecule has 0 aromatic carbocycles. The molecule has 7 nitrogen and oxygen atoms in total. The molecular formula is C17H25N5O2. The second-order valence-corrected chi connectivity index (χ2v) is 6.81. The van der Waals surface area contributed by atoms with Crippen LogP contribution in [0, 0.1) is 6.92 Å². The van der Waals surface area contributed by atoms with Gasteiger partial charge in [-0.2, -0.15) is 4.98 Å². The zero-order chi connectivity index (χ0) is 17.1. The van der Waals surface area contributed by atoms with Gasteiger partial charge >= 0.3 is 0 Å². The van der Waals surface area contributed by atoms with Crippen LogP contribution in [-0.2, 0) is 24.2 Å². The number of carbonyl (C=O) groups is 1. The minimum atomic E-state index is 0.0869. The van der Waals surface area contributed by atoms with Crippen molar-refractivity contribution in [3.8, 4) is 0 Å². The van der Waals surface area contributed by atoms with E-state index in [1.807, 2.05) is 20.8 Å². The van der Waals surface area contributed by atoms with E-state index < -0.39 is 0 Å². The van der Waals surface area contributed by atoms with E-state index >= 15 is 0 Å². The lowest BCUT2D eigenvalue weighted by atomic mass is 10.1. The standard InChI is InChI=1S/C17H25N5O2/c1-11(2)17-20-16(24-21-17)6-4-5-15(23)19-13-7-8-14-18-12(3)9-22(14)10-13/h9,11,13H,4-8,10H2,1-3H3,(H,19,23). The summed E-state index contributed by atoms with van der Waals surface area (Å²) < 4.78 is 7.34. The number of aryl methyl sites for hydroxylation is 3. The van der Waals surface area contributed by atoms with Crippen LogP contribution in [0.4, 0.5) is 0 Å². The molecule has 24 heavy (non-hydrogen) atoms. The number of aromatic nitrogens is 4. The summed E-state index contributed by atoms with van der Waals surface area (Å²) in [5, 5.41) is 7.06. The molecule has 0 saturated carbocycles. The third kappa shape index (κ3) is 4.01. The first kappa shape index (κ1) is 16.7. The third-order valence-electron chi connectivity index (χ3n) is 4.27. The molecule has 0 saturated heterocycles. The van der Waals surface area contributed by atoms with Crippen LogP contribution in [0.3, 0.4) is 0 Å². The lowest BCUT2D eigenvalue weighted by Gasteiger charge is -2.24. The number of nitrogens with one attached hydrogen (secondary N) is 1. The fourth-order valence-electron chi connectivity index (χ4n) is 3.01. The Morgan fingerprint density at radius 2 is 2.29 bits per heavy atom. The van der Waals surface area contributed by atoms with E-state index in [1.54, 1.807) is 0 Å². The van der Waals surface area contributed by atoms with E-state index in [4.69, 9.17) is 4.52 Å². The summed E-state index contributed by atoms with van der Waals surface area (Å²) >= 11 is 0. The van der Waals surface area contributed by atoms with Crippen molar-refractivity contribution in [2.75, 3.05) is 0 Å². The van der Waals surface area contributed by atoms with E-state index in [2.05, 4.69) is 31.2 Å². The van der Waals surface area contributed by atoms with Gasteiger partial charge < -0.3 is 14.4 Å². The topological polar surface area (TPSA) is 85.8 Å². The zero-order valence-electron chi connectivity index (χ0n) is 14.6. The Morgan fingerprint density at radius 3 is 3.04 bits per heavy atom. The Kier molecular flexibility index (Phi) is 4.97. The fourth-order valence-corrected chi connectivity index (χ4v) is 3.01. The predicted octanol–water partition coefficient (Wildman–Crippen LogP) is 2.15. The Hall–Kier alpha value is -2.18. The smallest absolute Gasteiger partial charge is 0.226 e. The molecule has 2 aromatic heterocycles. The molecule has 7 heteroatoms. The quantitative estimate of drug-likeness (QED) is 0.876. The first-order valence-electron chi connectivity index (χ1n) is 8.65. The van der Waals surface area contributed by atoms with Crippen molar-refractivity contribution in [1.82, 2.24) is 25.0 Å². The van der Waals surface area contributed by atoms with Crippen LogP contribution < -0.4 is 5.32 Å². The van der Waals surface area contributed by atoms with Gasteiger partial charge in [-0.1, -0.05) is 19.0 Å². The van der Waals surface area contributed by atoms with Crippen LogP contribution in [0.15, 0.2) is 10.7 Å². The monoisotopic (exact) mass is 331 g/mol. The van der Waals surface area contributed by atoms with Crippen LogP contribution in [-0.4, -0.2) is 31.6 Å². The van der Waals surface area contributed by atoms with Gasteiger partial charge in [0.1, 0.15) is 5.82 Å². The largest absolute Gasteiger partial charge is 0.352 e. The fraction of sp³-hybridized carbons (Fsp3) is 0.647. The maximum absolute atomic E-state index is 12.1. The average Bonchev–Trinajstić information content (AvgIpc) is 3.12. The van der Waals surface area contributed by atoms with Crippen molar-refractivity contribution in [1.29, 1.82) is 0 Å². The molecule has 1 atom stereocenters. The van der Waals surface area contributed by atoms with Crippen molar-refractivity contribution >= 4 is 5.91 Å². The Morgan fingerprint density at radius 1 is 1.46 bits per heavy atom. The highest BCUT2D eigenvalue weighted by atomic mass is 16.5. The normalized spacial score (nSPS) is 17.1. The molecule has 3 heterocycles. The summed E-state index contributed by atoms with van der Waals surface area (Å²) in [7, 11) is 0. The van der Waals surface area contributed by atoms with Gasteiger partial charge in [-0.3, -0.25) is 4.79 Å². The van der Waals surface area contributed by atoms with E-state index in [-0.39, 0.29) is 17.9 Å². The number of nitrogens with zero attached hydrogens (tertiary/aromatic N) is 4. The van der Waals surface area contributed by atoms with E-state index in [0.29, 0.717) is 25.2 Å². The van der Waals surface area contributed by atoms with Crippen LogP contribution in [0.1, 0.15) is 62.3 Å². The highest BCUT2D eigenvalue weighted by Gasteiger charge is 2.21. The second kappa shape index (κ2) is 7.15. The molecule has 3 rings (SSSR count). The maximum Gasteiger partial charge on any atom is 0.226 e. The van der Waals surface area contributed by atoms with Gasteiger partial charge in [0.15, 0.2) is 5.82 Å². The minimum Gasteiger partial charge on any atom is -0.352 e. The van der Waals surface area contributed by atoms with Gasteiger partial charge in [-0.25, -0.2) is 4.98 Å². The Bertz CT molecular complexity index is 704. The number of carbonyl (C=O) groups excluding carboxylic acids is 1. The lowest BCUT2D eigenvalue weighted by Crippen LogP contribution is -2.40. The number of hydrogen-bond donors (Lipinski definition) is 1. The molecule has 130 valence electrons. The predicted molar refractivity (Wildman–Crippen MR) is 88.5 cm³/mol. The molecular weight excluding hydrogens is 306 g/mol. The highest BCUT2D eigenvalue weighted by Crippen LogP contribution is 2.15. The van der Waals surface area contributed by atoms with E-state index in [0.717, 1.165) is 36.7 Å². The Labute approximate surface area is 141 Å². The van der Waals surface area contributed by atoms with Gasteiger partial charge in [0.2, 0.25) is 11.8 Å². The van der Waals surface area contributed by atoms with Crippen molar-refractivity contribution in [3.05, 3.63) is 29.4 Å². The van der Waals surface area contributed by atoms with Crippen molar-refractivity contribution in [2.24, 2.45) is 0 Å². The number of hydrogen-bond acceptors (Lipinski definition) is 5. The summed E-state index contributed by atoms with van der Waals surface area (Å²) in [6.45, 7) is 6.86. The SMILES string of the molecule is Cc1cn2c(n1)CCC(NC(=O)CCCc1nc(C(C)C)no1)C2. The molecule has 1 N–H and O–H groups in total. The van der Waals surface area contributed by atoms with Gasteiger partial charge in [-0.15, -0.1) is 0 Å². The Balaban J connectivity index is 1.41. The molecule has 1 aliphatic rings. The van der Waals surface area contributed by atoms with Gasteiger partial charge in [-0.05, 0) is 19.8 Å². The van der Waals surface area contributed by atoms with Crippen LogP contribution >= 0.6 is 0 Å². The van der Waals surface area contributed by atoms with E-state index in [9.17, 15) is 4.79 Å². The molecule has 1 unspecified atom stereocenters. The number of rotatable bonds is 6. The molecule has 1 amide bonds. The molecule has 1 aliphatic heterocycles. The van der Waals surface area contributed by atoms with Crippen LogP contribution in [0.2, 0.25) is 0 Å². The van der Waals surface area contributed by atoms with Gasteiger partial charge in [0.25, 0.3) is 0 Å². The summed E-state index contributed by atoms with van der Waals surface area (Å²) in [4.78, 5) is 20.9. The van der Waals surface area contributed by atoms with Crippen LogP contribution in [0.5, 0.6) is 0 Å². The third-order valence-corrected chi connectivity index (χ3v) is 4.27. The zero-order valence-corrected chi connectivity index (χ0v) is 14.6. The summed E-state index contributed by atoms with van der Waals surface area (Å²) in [6.07, 6.45) is 5.75. The van der Waals surface area contributed by atoms with Crippen molar-refractivity contribution in [2.45, 2.75) is 71.4 Å². The molecule has 0 fully saturated rings. The first-order chi connectivity index (χ1) is 11.5. The maximum atomic E-state index is 12.1. The molecule has 0 bridgehead atoms. The summed E-state index contributed by atoms with van der Waals surface area (Å²) in [5.41, 5.74) is 1.04. The average molecular weight is 331 g/mol. The van der Waals surface area contributed by atoms with Crippen LogP contribution in [0.25, 0.3) is 0 Å². The van der Waals surface area contributed by atoms with Crippen molar-refractivity contribution < 1.29 is 9.32 Å². The van der Waals surface area contributed by atoms with E-state index in [1.165, 1.54) is 0 Å². The summed E-state index contributed by atoms with van der Waals surface area (Å²) in [6, 6.07) is 0.189. The number of fused-ring (bicyclic) bond motifs is 1. The molecule has 0 spiro atoms. The first-order valence-corrected chi connectivity index (χ1v) is 8.65. The molecule has 0 radical (unpaired) electrons. The molecule has 0 aliphatic carbocycles. The van der Waals surface area contributed by atoms with Crippen molar-refractivity contribution in [3.63, 3.8) is 0 Å². The highest BCUT2D eigenvalue weighted by molar-refractivity contribution is 5.76. The number of amides is 1. The second-order valence-electron chi connectivity index (χ2n) is 6.81. The molecule has 2 aromatic rings. The number of imidazole rings is 1. The summed E-state index contributed by atoms with van der Waals surface area (Å²) in [5.74, 6) is 2.80. The minimum absolute atomic E-state index is 0.0869.